The number of rotatable bonds is 7. The number of benzene rings is 1. The molecule has 1 aliphatic rings. The molecule has 0 unspecified atom stereocenters. The Hall–Kier alpha value is -4.02. The van der Waals surface area contributed by atoms with Crippen molar-refractivity contribution in [2.75, 3.05) is 38.3 Å². The van der Waals surface area contributed by atoms with Crippen LogP contribution in [-0.4, -0.2) is 75.3 Å². The van der Waals surface area contributed by atoms with Gasteiger partial charge in [-0.05, 0) is 76.1 Å². The second-order valence-corrected chi connectivity index (χ2v) is 12.1. The molecule has 0 saturated carbocycles. The van der Waals surface area contributed by atoms with Crippen molar-refractivity contribution in [2.24, 2.45) is 0 Å². The lowest BCUT2D eigenvalue weighted by Crippen LogP contribution is -2.61. The number of hydrogen-bond acceptors (Lipinski definition) is 6. The number of carbonyl (C=O) groups is 2. The summed E-state index contributed by atoms with van der Waals surface area (Å²) in [5.74, 6) is -1.01. The third kappa shape index (κ3) is 5.69. The van der Waals surface area contributed by atoms with E-state index in [0.29, 0.717) is 60.2 Å². The minimum atomic E-state index is -0.996. The van der Waals surface area contributed by atoms with Gasteiger partial charge in [0.15, 0.2) is 0 Å². The Morgan fingerprint density at radius 3 is 2.51 bits per heavy atom. The van der Waals surface area contributed by atoms with Crippen molar-refractivity contribution in [2.45, 2.75) is 46.2 Å². The predicted molar refractivity (Wildman–Crippen MR) is 165 cm³/mol. The lowest BCUT2D eigenvalue weighted by Gasteiger charge is -2.47. The van der Waals surface area contributed by atoms with Gasteiger partial charge in [0.1, 0.15) is 23.0 Å². The van der Waals surface area contributed by atoms with Crippen molar-refractivity contribution in [1.29, 1.82) is 0 Å². The van der Waals surface area contributed by atoms with Gasteiger partial charge in [-0.15, -0.1) is 0 Å². The maximum Gasteiger partial charge on any atom is 0.337 e. The van der Waals surface area contributed by atoms with E-state index in [1.165, 1.54) is 12.1 Å². The van der Waals surface area contributed by atoms with Gasteiger partial charge >= 0.3 is 5.97 Å². The molecular weight excluding hydrogens is 573 g/mol. The number of carboxylic acids is 1. The lowest BCUT2D eigenvalue weighted by molar-refractivity contribution is 0.0507. The van der Waals surface area contributed by atoms with Crippen LogP contribution in [0.3, 0.4) is 0 Å². The predicted octanol–water partition coefficient (Wildman–Crippen LogP) is 6.15. The fourth-order valence-corrected chi connectivity index (χ4v) is 6.07. The largest absolute Gasteiger partial charge is 0.478 e. The molecule has 11 heteroatoms. The van der Waals surface area contributed by atoms with Gasteiger partial charge in [0.2, 0.25) is 0 Å². The molecule has 1 fully saturated rings. The number of carboxylic acid groups (broad SMARTS) is 1. The molecule has 1 N–H and O–H groups in total. The Bertz CT molecular complexity index is 1710. The van der Waals surface area contributed by atoms with Gasteiger partial charge in [0.05, 0.1) is 34.5 Å². The summed E-state index contributed by atoms with van der Waals surface area (Å²) in [6.45, 7) is 11.4. The van der Waals surface area contributed by atoms with E-state index in [1.807, 2.05) is 42.5 Å². The highest BCUT2D eigenvalue weighted by molar-refractivity contribution is 6.30. The molecule has 4 aromatic rings. The first-order valence-electron chi connectivity index (χ1n) is 14.1. The Morgan fingerprint density at radius 2 is 1.88 bits per heavy atom. The Labute approximate surface area is 254 Å². The minimum absolute atomic E-state index is 0.0484. The maximum atomic E-state index is 14.4. The molecule has 0 spiro atoms. The van der Waals surface area contributed by atoms with Crippen molar-refractivity contribution >= 4 is 40.3 Å². The Balaban J connectivity index is 1.47. The highest BCUT2D eigenvalue weighted by Crippen LogP contribution is 2.34. The molecule has 0 aliphatic carbocycles. The fraction of sp³-hybridized carbons (Fsp3) is 0.375. The van der Waals surface area contributed by atoms with Crippen molar-refractivity contribution in [3.8, 4) is 11.1 Å². The molecule has 226 valence electrons. The summed E-state index contributed by atoms with van der Waals surface area (Å²) < 4.78 is 21.7. The topological polar surface area (TPSA) is 101 Å². The van der Waals surface area contributed by atoms with Crippen LogP contribution in [0.1, 0.15) is 58.9 Å². The average molecular weight is 608 g/mol. The molecule has 0 bridgehead atoms. The Kier molecular flexibility index (Phi) is 8.20. The van der Waals surface area contributed by atoms with Crippen LogP contribution in [0.2, 0.25) is 5.02 Å². The quantitative estimate of drug-likeness (QED) is 0.269. The number of piperazine rings is 1. The number of aryl methyl sites for hydroxylation is 2. The highest BCUT2D eigenvalue weighted by atomic mass is 35.5. The van der Waals surface area contributed by atoms with E-state index in [0.717, 1.165) is 10.9 Å². The first-order valence-corrected chi connectivity index (χ1v) is 14.4. The summed E-state index contributed by atoms with van der Waals surface area (Å²) in [6.07, 6.45) is 1.91. The third-order valence-corrected chi connectivity index (χ3v) is 8.39. The number of anilines is 1. The fourth-order valence-electron chi connectivity index (χ4n) is 5.96. The smallest absolute Gasteiger partial charge is 0.337 e. The van der Waals surface area contributed by atoms with Crippen LogP contribution in [0, 0.1) is 19.7 Å². The molecule has 9 nitrogen and oxygen atoms in total. The molecule has 3 aromatic heterocycles. The van der Waals surface area contributed by atoms with Gasteiger partial charge in [0.25, 0.3) is 5.91 Å². The van der Waals surface area contributed by atoms with E-state index in [1.54, 1.807) is 39.2 Å². The van der Waals surface area contributed by atoms with Gasteiger partial charge < -0.3 is 24.2 Å². The summed E-state index contributed by atoms with van der Waals surface area (Å²) in [5.41, 5.74) is 3.10. The first-order chi connectivity index (χ1) is 20.3. The number of methoxy groups -OCH3 is 1. The molecule has 5 rings (SSSR count). The van der Waals surface area contributed by atoms with Crippen LogP contribution in [-0.2, 0) is 4.74 Å². The van der Waals surface area contributed by atoms with Crippen LogP contribution in [0.25, 0.3) is 22.2 Å². The standard InChI is InChI=1S/C32H35ClFN5O4/c1-18-13-27(35-20(3)28(18)31(41)42)37-11-12-39(32(4,5)17-37)30(40)26-10-8-22-23(21-7-9-24(33)25(34)14-21)15-38(29(22)36-26)19(2)16-43-6/h7-10,13-15,19H,11-12,16-17H2,1-6H3,(H,41,42)/t19-/m1/s1. The average Bonchev–Trinajstić information content (AvgIpc) is 3.32. The van der Waals surface area contributed by atoms with Crippen LogP contribution in [0.15, 0.2) is 42.6 Å². The molecule has 1 amide bonds. The number of amides is 1. The van der Waals surface area contributed by atoms with Gasteiger partial charge in [-0.1, -0.05) is 17.7 Å². The number of aromatic nitrogens is 3. The lowest BCUT2D eigenvalue weighted by atomic mass is 9.97. The summed E-state index contributed by atoms with van der Waals surface area (Å²) in [7, 11) is 1.63. The zero-order valence-electron chi connectivity index (χ0n) is 25.1. The number of fused-ring (bicyclic) bond motifs is 1. The number of hydrogen-bond donors (Lipinski definition) is 1. The molecular formula is C32H35ClFN5O4. The summed E-state index contributed by atoms with van der Waals surface area (Å²) in [6, 6.07) is 9.96. The van der Waals surface area contributed by atoms with Crippen molar-refractivity contribution < 1.29 is 23.8 Å². The van der Waals surface area contributed by atoms with Crippen LogP contribution in [0.5, 0.6) is 0 Å². The zero-order chi connectivity index (χ0) is 31.2. The molecule has 43 heavy (non-hydrogen) atoms. The summed E-state index contributed by atoms with van der Waals surface area (Å²) in [5, 5.41) is 10.4. The molecule has 0 radical (unpaired) electrons. The molecule has 1 aliphatic heterocycles. The SMILES string of the molecule is COC[C@@H](C)n1cc(-c2ccc(Cl)c(F)c2)c2ccc(C(=O)N3CCN(c4cc(C)c(C(=O)O)c(C)n4)CC3(C)C)nc21. The number of pyridine rings is 2. The van der Waals surface area contributed by atoms with Crippen molar-refractivity contribution in [1.82, 2.24) is 19.4 Å². The third-order valence-electron chi connectivity index (χ3n) is 8.08. The van der Waals surface area contributed by atoms with Crippen LogP contribution in [0.4, 0.5) is 10.2 Å². The number of halogens is 2. The minimum Gasteiger partial charge on any atom is -0.478 e. The normalized spacial score (nSPS) is 15.6. The van der Waals surface area contributed by atoms with Crippen molar-refractivity contribution in [3.63, 3.8) is 0 Å². The van der Waals surface area contributed by atoms with E-state index in [4.69, 9.17) is 21.3 Å². The number of ether oxygens (including phenoxy) is 1. The van der Waals surface area contributed by atoms with Gasteiger partial charge in [-0.2, -0.15) is 0 Å². The van der Waals surface area contributed by atoms with E-state index in [-0.39, 0.29) is 22.5 Å². The monoisotopic (exact) mass is 607 g/mol. The first kappa shape index (κ1) is 30.4. The molecule has 1 saturated heterocycles. The van der Waals surface area contributed by atoms with Gasteiger partial charge in [0, 0.05) is 43.9 Å². The van der Waals surface area contributed by atoms with E-state index in [9.17, 15) is 19.1 Å². The summed E-state index contributed by atoms with van der Waals surface area (Å²) >= 11 is 5.93. The zero-order valence-corrected chi connectivity index (χ0v) is 25.9. The molecule has 1 atom stereocenters. The maximum absolute atomic E-state index is 14.4. The number of nitrogens with zero attached hydrogens (tertiary/aromatic N) is 5. The van der Waals surface area contributed by atoms with E-state index in [2.05, 4.69) is 9.88 Å². The van der Waals surface area contributed by atoms with E-state index >= 15 is 0 Å². The summed E-state index contributed by atoms with van der Waals surface area (Å²) in [4.78, 5) is 38.9. The van der Waals surface area contributed by atoms with Crippen LogP contribution < -0.4 is 4.90 Å². The highest BCUT2D eigenvalue weighted by Gasteiger charge is 2.38. The van der Waals surface area contributed by atoms with E-state index < -0.39 is 17.3 Å². The number of carbonyl (C=O) groups excluding carboxylic acids is 1. The number of aromatic carboxylic acids is 1. The van der Waals surface area contributed by atoms with Gasteiger partial charge in [-0.25, -0.2) is 19.2 Å². The van der Waals surface area contributed by atoms with Crippen LogP contribution >= 0.6 is 11.6 Å². The molecule has 1 aromatic carbocycles. The molecule has 4 heterocycles. The van der Waals surface area contributed by atoms with Crippen molar-refractivity contribution in [3.05, 3.63) is 75.9 Å². The Morgan fingerprint density at radius 1 is 1.14 bits per heavy atom. The van der Waals surface area contributed by atoms with Gasteiger partial charge in [-0.3, -0.25) is 4.79 Å². The second kappa shape index (κ2) is 11.6. The second-order valence-electron chi connectivity index (χ2n) is 11.7.